The molecule has 0 saturated heterocycles. The molecular formula is C21H20N4O3. The molecule has 7 heteroatoms. The molecule has 142 valence electrons. The average Bonchev–Trinajstić information content (AvgIpc) is 2.72. The standard InChI is InChI=1S/C21H20N4O3/c1-13-4-3-5-16(14(13)2)25-21(26)17-11-23-20(12-22-17)24-15-6-7-18-19(10-15)28-9-8-27-18/h3-7,10-12H,8-9H2,1-2H3,(H,23,24)(H,25,26). The van der Waals surface area contributed by atoms with E-state index in [9.17, 15) is 4.79 Å². The minimum atomic E-state index is -0.299. The Morgan fingerprint density at radius 1 is 1.00 bits per heavy atom. The number of aryl methyl sites for hydroxylation is 1. The van der Waals surface area contributed by atoms with Crippen LogP contribution in [0.5, 0.6) is 11.5 Å². The van der Waals surface area contributed by atoms with Crippen molar-refractivity contribution < 1.29 is 14.3 Å². The van der Waals surface area contributed by atoms with Crippen LogP contribution in [0.25, 0.3) is 0 Å². The highest BCUT2D eigenvalue weighted by atomic mass is 16.6. The van der Waals surface area contributed by atoms with Crippen LogP contribution in [0.4, 0.5) is 17.2 Å². The summed E-state index contributed by atoms with van der Waals surface area (Å²) in [4.78, 5) is 20.9. The lowest BCUT2D eigenvalue weighted by Gasteiger charge is -2.19. The fourth-order valence-electron chi connectivity index (χ4n) is 2.85. The number of hydrogen-bond acceptors (Lipinski definition) is 6. The summed E-state index contributed by atoms with van der Waals surface area (Å²) in [5.74, 6) is 1.64. The van der Waals surface area contributed by atoms with Crippen LogP contribution < -0.4 is 20.1 Å². The van der Waals surface area contributed by atoms with Crippen molar-refractivity contribution in [2.45, 2.75) is 13.8 Å². The molecule has 2 N–H and O–H groups in total. The van der Waals surface area contributed by atoms with Crippen molar-refractivity contribution in [3.63, 3.8) is 0 Å². The molecule has 0 saturated carbocycles. The normalized spacial score (nSPS) is 12.4. The zero-order chi connectivity index (χ0) is 19.5. The van der Waals surface area contributed by atoms with Gasteiger partial charge in [0.2, 0.25) is 0 Å². The zero-order valence-electron chi connectivity index (χ0n) is 15.7. The Balaban J connectivity index is 1.45. The minimum absolute atomic E-state index is 0.244. The number of amides is 1. The van der Waals surface area contributed by atoms with E-state index in [1.54, 1.807) is 0 Å². The van der Waals surface area contributed by atoms with E-state index in [1.165, 1.54) is 12.4 Å². The topological polar surface area (TPSA) is 85.4 Å². The van der Waals surface area contributed by atoms with Crippen molar-refractivity contribution in [1.29, 1.82) is 0 Å². The largest absolute Gasteiger partial charge is 0.486 e. The number of fused-ring (bicyclic) bond motifs is 1. The summed E-state index contributed by atoms with van der Waals surface area (Å²) in [5.41, 5.74) is 3.95. The highest BCUT2D eigenvalue weighted by molar-refractivity contribution is 6.03. The first-order valence-electron chi connectivity index (χ1n) is 8.96. The van der Waals surface area contributed by atoms with E-state index in [0.717, 1.165) is 28.3 Å². The van der Waals surface area contributed by atoms with Gasteiger partial charge >= 0.3 is 0 Å². The van der Waals surface area contributed by atoms with E-state index >= 15 is 0 Å². The number of anilines is 3. The van der Waals surface area contributed by atoms with Crippen LogP contribution in [-0.4, -0.2) is 29.1 Å². The fourth-order valence-corrected chi connectivity index (χ4v) is 2.85. The fraction of sp³-hybridized carbons (Fsp3) is 0.190. The second kappa shape index (κ2) is 7.56. The van der Waals surface area contributed by atoms with Crippen molar-refractivity contribution in [2.75, 3.05) is 23.8 Å². The second-order valence-corrected chi connectivity index (χ2v) is 6.47. The SMILES string of the molecule is Cc1cccc(NC(=O)c2cnc(Nc3ccc4c(c3)OCCO4)cn2)c1C. The molecule has 0 bridgehead atoms. The van der Waals surface area contributed by atoms with Crippen LogP contribution in [0, 0.1) is 13.8 Å². The number of hydrogen-bond donors (Lipinski definition) is 2. The van der Waals surface area contributed by atoms with Crippen LogP contribution in [0.1, 0.15) is 21.6 Å². The van der Waals surface area contributed by atoms with Crippen LogP contribution in [0.2, 0.25) is 0 Å². The van der Waals surface area contributed by atoms with Crippen molar-refractivity contribution in [2.24, 2.45) is 0 Å². The van der Waals surface area contributed by atoms with Gasteiger partial charge in [-0.1, -0.05) is 12.1 Å². The third-order valence-electron chi connectivity index (χ3n) is 4.55. The Morgan fingerprint density at radius 2 is 1.82 bits per heavy atom. The molecule has 2 aromatic carbocycles. The third kappa shape index (κ3) is 3.73. The predicted molar refractivity (Wildman–Crippen MR) is 107 cm³/mol. The summed E-state index contributed by atoms with van der Waals surface area (Å²) < 4.78 is 11.1. The highest BCUT2D eigenvalue weighted by Crippen LogP contribution is 2.33. The van der Waals surface area contributed by atoms with E-state index in [-0.39, 0.29) is 11.6 Å². The first-order chi connectivity index (χ1) is 13.6. The van der Waals surface area contributed by atoms with E-state index < -0.39 is 0 Å². The van der Waals surface area contributed by atoms with Gasteiger partial charge < -0.3 is 20.1 Å². The van der Waals surface area contributed by atoms with Gasteiger partial charge in [0.25, 0.3) is 5.91 Å². The number of ether oxygens (including phenoxy) is 2. The third-order valence-corrected chi connectivity index (χ3v) is 4.55. The molecule has 2 heterocycles. The number of nitrogens with one attached hydrogen (secondary N) is 2. The van der Waals surface area contributed by atoms with Gasteiger partial charge in [-0.25, -0.2) is 9.97 Å². The summed E-state index contributed by atoms with van der Waals surface area (Å²) in [6.45, 7) is 5.05. The van der Waals surface area contributed by atoms with Gasteiger partial charge in [0.15, 0.2) is 11.5 Å². The minimum Gasteiger partial charge on any atom is -0.486 e. The zero-order valence-corrected chi connectivity index (χ0v) is 15.7. The molecule has 7 nitrogen and oxygen atoms in total. The molecule has 0 fully saturated rings. The second-order valence-electron chi connectivity index (χ2n) is 6.47. The van der Waals surface area contributed by atoms with Crippen molar-refractivity contribution in [1.82, 2.24) is 9.97 Å². The number of carbonyl (C=O) groups excluding carboxylic acids is 1. The van der Waals surface area contributed by atoms with Gasteiger partial charge in [0, 0.05) is 17.4 Å². The molecule has 0 radical (unpaired) electrons. The number of benzene rings is 2. The summed E-state index contributed by atoms with van der Waals surface area (Å²) in [5, 5.41) is 6.02. The first kappa shape index (κ1) is 17.8. The van der Waals surface area contributed by atoms with Crippen molar-refractivity contribution in [3.8, 4) is 11.5 Å². The van der Waals surface area contributed by atoms with Gasteiger partial charge in [0.1, 0.15) is 24.7 Å². The summed E-state index contributed by atoms with van der Waals surface area (Å²) >= 11 is 0. The summed E-state index contributed by atoms with van der Waals surface area (Å²) in [7, 11) is 0. The maximum atomic E-state index is 12.4. The lowest BCUT2D eigenvalue weighted by molar-refractivity contribution is 0.102. The Bertz CT molecular complexity index is 1020. The molecular weight excluding hydrogens is 356 g/mol. The van der Waals surface area contributed by atoms with Gasteiger partial charge in [-0.15, -0.1) is 0 Å². The molecule has 0 aliphatic carbocycles. The Kier molecular flexibility index (Phi) is 4.80. The van der Waals surface area contributed by atoms with E-state index in [0.29, 0.717) is 24.8 Å². The van der Waals surface area contributed by atoms with Crippen molar-refractivity contribution >= 4 is 23.1 Å². The molecule has 1 aliphatic rings. The highest BCUT2D eigenvalue weighted by Gasteiger charge is 2.13. The number of rotatable bonds is 4. The van der Waals surface area contributed by atoms with E-state index in [1.807, 2.05) is 50.2 Å². The average molecular weight is 376 g/mol. The van der Waals surface area contributed by atoms with Crippen LogP contribution in [-0.2, 0) is 0 Å². The first-order valence-corrected chi connectivity index (χ1v) is 8.96. The van der Waals surface area contributed by atoms with Crippen LogP contribution in [0.15, 0.2) is 48.8 Å². The van der Waals surface area contributed by atoms with Gasteiger partial charge in [-0.05, 0) is 43.2 Å². The monoisotopic (exact) mass is 376 g/mol. The quantitative estimate of drug-likeness (QED) is 0.719. The summed E-state index contributed by atoms with van der Waals surface area (Å²) in [6.07, 6.45) is 2.97. The Morgan fingerprint density at radius 3 is 2.61 bits per heavy atom. The van der Waals surface area contributed by atoms with Crippen LogP contribution >= 0.6 is 0 Å². The summed E-state index contributed by atoms with van der Waals surface area (Å²) in [6, 6.07) is 11.3. The van der Waals surface area contributed by atoms with E-state index in [2.05, 4.69) is 20.6 Å². The smallest absolute Gasteiger partial charge is 0.275 e. The maximum absolute atomic E-state index is 12.4. The Hall–Kier alpha value is -3.61. The van der Waals surface area contributed by atoms with Gasteiger partial charge in [-0.3, -0.25) is 4.79 Å². The lowest BCUT2D eigenvalue weighted by atomic mass is 10.1. The van der Waals surface area contributed by atoms with Gasteiger partial charge in [-0.2, -0.15) is 0 Å². The number of aromatic nitrogens is 2. The Labute approximate surface area is 162 Å². The molecule has 4 rings (SSSR count). The van der Waals surface area contributed by atoms with Gasteiger partial charge in [0.05, 0.1) is 12.4 Å². The molecule has 1 aliphatic heterocycles. The lowest BCUT2D eigenvalue weighted by Crippen LogP contribution is -2.15. The van der Waals surface area contributed by atoms with E-state index in [4.69, 9.17) is 9.47 Å². The van der Waals surface area contributed by atoms with Crippen molar-refractivity contribution in [3.05, 3.63) is 65.6 Å². The molecule has 0 spiro atoms. The van der Waals surface area contributed by atoms with Crippen LogP contribution in [0.3, 0.4) is 0 Å². The molecule has 28 heavy (non-hydrogen) atoms. The molecule has 0 unspecified atom stereocenters. The number of nitrogens with zero attached hydrogens (tertiary/aromatic N) is 2. The molecule has 3 aromatic rings. The molecule has 1 aromatic heterocycles. The molecule has 1 amide bonds. The predicted octanol–water partition coefficient (Wildman–Crippen LogP) is 3.86. The molecule has 0 atom stereocenters. The number of carbonyl (C=O) groups is 1. The maximum Gasteiger partial charge on any atom is 0.275 e.